The molecule has 3 N–H and O–H groups in total. The van der Waals surface area contributed by atoms with Crippen LogP contribution in [0.4, 0.5) is 0 Å². The van der Waals surface area contributed by atoms with E-state index in [4.69, 9.17) is 15.2 Å². The summed E-state index contributed by atoms with van der Waals surface area (Å²) in [6.45, 7) is 5.54. The van der Waals surface area contributed by atoms with E-state index in [-0.39, 0.29) is 12.4 Å². The molecule has 2 atom stereocenters. The van der Waals surface area contributed by atoms with Crippen molar-refractivity contribution in [2.75, 3.05) is 7.11 Å². The van der Waals surface area contributed by atoms with Gasteiger partial charge in [-0.1, -0.05) is 19.9 Å². The lowest BCUT2D eigenvalue weighted by molar-refractivity contribution is -0.132. The number of hydrogen-bond donors (Lipinski definition) is 2. The number of carbonyl (C=O) groups excluding carboxylic acids is 1. The van der Waals surface area contributed by atoms with Crippen LogP contribution in [0.3, 0.4) is 0 Å². The summed E-state index contributed by atoms with van der Waals surface area (Å²) in [7, 11) is 1.49. The molecule has 0 bridgehead atoms. The van der Waals surface area contributed by atoms with E-state index in [9.17, 15) is 9.90 Å². The van der Waals surface area contributed by atoms with Crippen molar-refractivity contribution in [2.24, 2.45) is 11.7 Å². The van der Waals surface area contributed by atoms with Crippen LogP contribution in [0.25, 0.3) is 0 Å². The second-order valence-corrected chi connectivity index (χ2v) is 5.57. The van der Waals surface area contributed by atoms with Crippen molar-refractivity contribution in [3.63, 3.8) is 0 Å². The van der Waals surface area contributed by atoms with Crippen LogP contribution in [0.5, 0.6) is 11.5 Å². The first-order valence-corrected chi connectivity index (χ1v) is 7.15. The van der Waals surface area contributed by atoms with Crippen LogP contribution in [0.1, 0.15) is 45.2 Å². The Labute approximate surface area is 138 Å². The van der Waals surface area contributed by atoms with Crippen molar-refractivity contribution in [3.05, 3.63) is 23.8 Å². The number of ether oxygens (including phenoxy) is 2. The lowest BCUT2D eigenvalue weighted by Gasteiger charge is -2.21. The maximum atomic E-state index is 11.0. The summed E-state index contributed by atoms with van der Waals surface area (Å²) in [6.07, 6.45) is 0.946. The van der Waals surface area contributed by atoms with E-state index < -0.39 is 18.1 Å². The topological polar surface area (TPSA) is 81.8 Å². The molecule has 0 amide bonds. The molecule has 0 heterocycles. The predicted molar refractivity (Wildman–Crippen MR) is 88.6 cm³/mol. The molecule has 6 heteroatoms. The van der Waals surface area contributed by atoms with Gasteiger partial charge in [-0.2, -0.15) is 0 Å². The van der Waals surface area contributed by atoms with Gasteiger partial charge in [-0.05, 0) is 36.5 Å². The fraction of sp³-hybridized carbons (Fsp3) is 0.562. The Balaban J connectivity index is 0.00000441. The monoisotopic (exact) mass is 331 g/mol. The Hall–Kier alpha value is -1.30. The molecule has 0 radical (unpaired) electrons. The van der Waals surface area contributed by atoms with E-state index in [1.807, 2.05) is 0 Å². The van der Waals surface area contributed by atoms with Crippen LogP contribution in [0, 0.1) is 5.92 Å². The molecule has 0 saturated carbocycles. The molecule has 0 fully saturated rings. The van der Waals surface area contributed by atoms with Gasteiger partial charge in [-0.3, -0.25) is 4.79 Å². The first-order valence-electron chi connectivity index (χ1n) is 7.15. The van der Waals surface area contributed by atoms with Crippen LogP contribution in [-0.2, 0) is 4.79 Å². The van der Waals surface area contributed by atoms with Crippen molar-refractivity contribution >= 4 is 18.4 Å². The summed E-state index contributed by atoms with van der Waals surface area (Å²) in [4.78, 5) is 11.0. The Morgan fingerprint density at radius 1 is 1.27 bits per heavy atom. The molecular formula is C16H26ClNO4. The highest BCUT2D eigenvalue weighted by Gasteiger charge is 2.19. The minimum Gasteiger partial charge on any atom is -0.493 e. The van der Waals surface area contributed by atoms with Crippen molar-refractivity contribution < 1.29 is 19.4 Å². The van der Waals surface area contributed by atoms with E-state index in [0.29, 0.717) is 23.8 Å². The van der Waals surface area contributed by atoms with Crippen LogP contribution < -0.4 is 15.2 Å². The molecule has 126 valence electrons. The van der Waals surface area contributed by atoms with Crippen molar-refractivity contribution in [2.45, 2.75) is 45.8 Å². The van der Waals surface area contributed by atoms with E-state index in [1.54, 1.807) is 18.2 Å². The zero-order chi connectivity index (χ0) is 16.0. The quantitative estimate of drug-likeness (QED) is 0.593. The maximum Gasteiger partial charge on any atom is 0.308 e. The molecular weight excluding hydrogens is 306 g/mol. The van der Waals surface area contributed by atoms with Crippen LogP contribution in [0.15, 0.2) is 18.2 Å². The SMILES string of the molecule is COc1cc([C@H](N)[C@H](O)CCC(C)C)ccc1OC(C)=O.Cl. The molecule has 1 rings (SSSR count). The summed E-state index contributed by atoms with van der Waals surface area (Å²) in [5.74, 6) is 0.877. The molecule has 5 nitrogen and oxygen atoms in total. The summed E-state index contributed by atoms with van der Waals surface area (Å²) in [6, 6.07) is 4.57. The van der Waals surface area contributed by atoms with Crippen LogP contribution >= 0.6 is 12.4 Å². The standard InChI is InChI=1S/C16H25NO4.ClH/c1-10(2)5-7-13(19)16(17)12-6-8-14(21-11(3)18)15(9-12)20-4;/h6,8-10,13,16,19H,5,7,17H2,1-4H3;1H/t13-,16+;/m1./s1. The molecule has 0 aliphatic heterocycles. The third-order valence-corrected chi connectivity index (χ3v) is 3.28. The fourth-order valence-electron chi connectivity index (χ4n) is 2.04. The number of aliphatic hydroxyl groups excluding tert-OH is 1. The van der Waals surface area contributed by atoms with Crippen LogP contribution in [0.2, 0.25) is 0 Å². The average molecular weight is 332 g/mol. The van der Waals surface area contributed by atoms with E-state index in [1.165, 1.54) is 14.0 Å². The number of benzene rings is 1. The minimum atomic E-state index is -0.614. The normalized spacial score (nSPS) is 13.2. The van der Waals surface area contributed by atoms with Gasteiger partial charge in [0.1, 0.15) is 0 Å². The summed E-state index contributed by atoms with van der Waals surface area (Å²) in [5, 5.41) is 10.1. The number of esters is 1. The third-order valence-electron chi connectivity index (χ3n) is 3.28. The van der Waals surface area contributed by atoms with Gasteiger partial charge in [-0.15, -0.1) is 12.4 Å². The maximum absolute atomic E-state index is 11.0. The number of methoxy groups -OCH3 is 1. The highest BCUT2D eigenvalue weighted by atomic mass is 35.5. The molecule has 0 saturated heterocycles. The van der Waals surface area contributed by atoms with E-state index in [2.05, 4.69) is 13.8 Å². The lowest BCUT2D eigenvalue weighted by Crippen LogP contribution is -2.26. The zero-order valence-corrected chi connectivity index (χ0v) is 14.4. The van der Waals surface area contributed by atoms with Gasteiger partial charge >= 0.3 is 5.97 Å². The zero-order valence-electron chi connectivity index (χ0n) is 13.5. The number of nitrogens with two attached hydrogens (primary N) is 1. The first kappa shape index (κ1) is 20.7. The minimum absolute atomic E-state index is 0. The van der Waals surface area contributed by atoms with Gasteiger partial charge in [0.2, 0.25) is 0 Å². The van der Waals surface area contributed by atoms with E-state index in [0.717, 1.165) is 12.0 Å². The Morgan fingerprint density at radius 3 is 2.41 bits per heavy atom. The molecule has 0 unspecified atom stereocenters. The average Bonchev–Trinajstić information content (AvgIpc) is 2.43. The molecule has 22 heavy (non-hydrogen) atoms. The summed E-state index contributed by atoms with van der Waals surface area (Å²) >= 11 is 0. The van der Waals surface area contributed by atoms with Crippen LogP contribution in [-0.4, -0.2) is 24.3 Å². The first-order chi connectivity index (χ1) is 9.85. The number of carbonyl (C=O) groups is 1. The molecule has 0 aromatic heterocycles. The van der Waals surface area contributed by atoms with Crippen molar-refractivity contribution in [1.82, 2.24) is 0 Å². The Kier molecular flexibility index (Phi) is 9.09. The van der Waals surface area contributed by atoms with Gasteiger partial charge in [0.15, 0.2) is 11.5 Å². The highest BCUT2D eigenvalue weighted by Crippen LogP contribution is 2.31. The largest absolute Gasteiger partial charge is 0.493 e. The fourth-order valence-corrected chi connectivity index (χ4v) is 2.04. The third kappa shape index (κ3) is 6.22. The summed E-state index contributed by atoms with van der Waals surface area (Å²) in [5.41, 5.74) is 6.84. The smallest absolute Gasteiger partial charge is 0.308 e. The van der Waals surface area contributed by atoms with Gasteiger partial charge in [0.05, 0.1) is 19.3 Å². The van der Waals surface area contributed by atoms with Crippen molar-refractivity contribution in [1.29, 1.82) is 0 Å². The molecule has 1 aromatic carbocycles. The highest BCUT2D eigenvalue weighted by molar-refractivity contribution is 5.85. The van der Waals surface area contributed by atoms with Gasteiger partial charge in [-0.25, -0.2) is 0 Å². The predicted octanol–water partition coefficient (Wildman–Crippen LogP) is 2.84. The van der Waals surface area contributed by atoms with Gasteiger partial charge in [0, 0.05) is 6.92 Å². The summed E-state index contributed by atoms with van der Waals surface area (Å²) < 4.78 is 10.2. The Bertz CT molecular complexity index is 479. The number of aliphatic hydroxyl groups is 1. The number of hydrogen-bond acceptors (Lipinski definition) is 5. The number of rotatable bonds is 7. The van der Waals surface area contributed by atoms with E-state index >= 15 is 0 Å². The van der Waals surface area contributed by atoms with Gasteiger partial charge in [0.25, 0.3) is 0 Å². The molecule has 1 aromatic rings. The number of halogens is 1. The molecule has 0 spiro atoms. The Morgan fingerprint density at radius 2 is 1.91 bits per heavy atom. The molecule has 0 aliphatic rings. The van der Waals surface area contributed by atoms with Crippen molar-refractivity contribution in [3.8, 4) is 11.5 Å². The second kappa shape index (κ2) is 9.66. The second-order valence-electron chi connectivity index (χ2n) is 5.57. The lowest BCUT2D eigenvalue weighted by atomic mass is 9.96. The molecule has 0 aliphatic carbocycles. The van der Waals surface area contributed by atoms with Gasteiger partial charge < -0.3 is 20.3 Å².